The van der Waals surface area contributed by atoms with Crippen LogP contribution in [0.15, 0.2) is 58.6 Å². The van der Waals surface area contributed by atoms with Crippen molar-refractivity contribution >= 4 is 39.2 Å². The van der Waals surface area contributed by atoms with Gasteiger partial charge in [0, 0.05) is 27.6 Å². The van der Waals surface area contributed by atoms with E-state index in [1.54, 1.807) is 30.2 Å². The summed E-state index contributed by atoms with van der Waals surface area (Å²) in [7, 11) is 0. The maximum atomic E-state index is 11.0. The molecule has 0 aliphatic heterocycles. The van der Waals surface area contributed by atoms with E-state index in [4.69, 9.17) is 5.11 Å². The molecular formula is C14H9NO2S2. The number of hydrogen-bond acceptors (Lipinski definition) is 4. The molecule has 0 amide bonds. The minimum absolute atomic E-state index is 0.345. The van der Waals surface area contributed by atoms with Crippen molar-refractivity contribution in [3.63, 3.8) is 0 Å². The Morgan fingerprint density at radius 3 is 2.74 bits per heavy atom. The monoisotopic (exact) mass is 287 g/mol. The molecule has 19 heavy (non-hydrogen) atoms. The summed E-state index contributed by atoms with van der Waals surface area (Å²) in [6.45, 7) is 0. The van der Waals surface area contributed by atoms with E-state index in [1.165, 1.54) is 11.3 Å². The third-order valence-corrected chi connectivity index (χ3v) is 4.70. The highest BCUT2D eigenvalue weighted by molar-refractivity contribution is 7.99. The fourth-order valence-corrected chi connectivity index (χ4v) is 3.64. The van der Waals surface area contributed by atoms with Crippen LogP contribution in [-0.4, -0.2) is 16.1 Å². The molecule has 0 aliphatic carbocycles. The number of fused-ring (bicyclic) bond motifs is 1. The molecule has 2 heterocycles. The average molecular weight is 287 g/mol. The SMILES string of the molecule is O=C(O)c1cc2c(Sc3ccccc3)cncc2s1. The van der Waals surface area contributed by atoms with Gasteiger partial charge in [0.25, 0.3) is 0 Å². The highest BCUT2D eigenvalue weighted by Crippen LogP contribution is 2.36. The van der Waals surface area contributed by atoms with Gasteiger partial charge in [-0.2, -0.15) is 0 Å². The lowest BCUT2D eigenvalue weighted by Crippen LogP contribution is -1.89. The predicted molar refractivity (Wildman–Crippen MR) is 77.1 cm³/mol. The maximum Gasteiger partial charge on any atom is 0.345 e. The van der Waals surface area contributed by atoms with Crippen LogP contribution in [0.3, 0.4) is 0 Å². The molecule has 94 valence electrons. The molecule has 1 N–H and O–H groups in total. The van der Waals surface area contributed by atoms with Crippen molar-refractivity contribution in [1.29, 1.82) is 0 Å². The maximum absolute atomic E-state index is 11.0. The van der Waals surface area contributed by atoms with Crippen molar-refractivity contribution in [2.24, 2.45) is 0 Å². The number of carboxylic acids is 1. The van der Waals surface area contributed by atoms with Crippen LogP contribution in [-0.2, 0) is 0 Å². The zero-order valence-corrected chi connectivity index (χ0v) is 11.4. The lowest BCUT2D eigenvalue weighted by molar-refractivity contribution is 0.0702. The average Bonchev–Trinajstić information content (AvgIpc) is 2.85. The normalized spacial score (nSPS) is 10.7. The largest absolute Gasteiger partial charge is 0.477 e. The first-order valence-electron chi connectivity index (χ1n) is 5.58. The van der Waals surface area contributed by atoms with Gasteiger partial charge < -0.3 is 5.11 Å². The smallest absolute Gasteiger partial charge is 0.345 e. The van der Waals surface area contributed by atoms with Crippen molar-refractivity contribution in [2.75, 3.05) is 0 Å². The Labute approximate surface area is 117 Å². The van der Waals surface area contributed by atoms with Crippen LogP contribution in [0.2, 0.25) is 0 Å². The molecule has 0 radical (unpaired) electrons. The van der Waals surface area contributed by atoms with Crippen LogP contribution in [0, 0.1) is 0 Å². The molecule has 0 atom stereocenters. The summed E-state index contributed by atoms with van der Waals surface area (Å²) in [5.41, 5.74) is 0. The first kappa shape index (κ1) is 12.2. The highest BCUT2D eigenvalue weighted by atomic mass is 32.2. The predicted octanol–water partition coefficient (Wildman–Crippen LogP) is 4.15. The summed E-state index contributed by atoms with van der Waals surface area (Å²) < 4.78 is 0.901. The Morgan fingerprint density at radius 2 is 2.00 bits per heavy atom. The molecule has 0 unspecified atom stereocenters. The minimum Gasteiger partial charge on any atom is -0.477 e. The van der Waals surface area contributed by atoms with Crippen LogP contribution in [0.4, 0.5) is 0 Å². The molecule has 3 nitrogen and oxygen atoms in total. The topological polar surface area (TPSA) is 50.2 Å². The van der Waals surface area contributed by atoms with Crippen LogP contribution < -0.4 is 0 Å². The molecule has 0 saturated carbocycles. The third-order valence-electron chi connectivity index (χ3n) is 2.59. The summed E-state index contributed by atoms with van der Waals surface area (Å²) in [5.74, 6) is -0.892. The van der Waals surface area contributed by atoms with Gasteiger partial charge in [-0.1, -0.05) is 30.0 Å². The van der Waals surface area contributed by atoms with Gasteiger partial charge in [-0.15, -0.1) is 11.3 Å². The Hall–Kier alpha value is -1.85. The Kier molecular flexibility index (Phi) is 3.23. The number of benzene rings is 1. The van der Waals surface area contributed by atoms with Crippen molar-refractivity contribution in [1.82, 2.24) is 4.98 Å². The molecule has 0 aliphatic rings. The van der Waals surface area contributed by atoms with Crippen LogP contribution in [0.5, 0.6) is 0 Å². The summed E-state index contributed by atoms with van der Waals surface area (Å²) in [6, 6.07) is 11.7. The lowest BCUT2D eigenvalue weighted by atomic mass is 10.3. The van der Waals surface area contributed by atoms with E-state index < -0.39 is 5.97 Å². The number of nitrogens with zero attached hydrogens (tertiary/aromatic N) is 1. The number of aromatic carboxylic acids is 1. The second-order valence-corrected chi connectivity index (χ2v) is 6.08. The molecule has 0 saturated heterocycles. The number of thiophene rings is 1. The quantitative estimate of drug-likeness (QED) is 0.786. The Morgan fingerprint density at radius 1 is 1.21 bits per heavy atom. The minimum atomic E-state index is -0.892. The van der Waals surface area contributed by atoms with E-state index >= 15 is 0 Å². The van der Waals surface area contributed by atoms with E-state index in [9.17, 15) is 4.79 Å². The number of rotatable bonds is 3. The zero-order valence-electron chi connectivity index (χ0n) is 9.74. The standard InChI is InChI=1S/C14H9NO2S2/c16-14(17)11-6-10-12(7-15-8-13(10)19-11)18-9-4-2-1-3-5-9/h1-8H,(H,16,17). The summed E-state index contributed by atoms with van der Waals surface area (Å²) in [6.07, 6.45) is 3.49. The van der Waals surface area contributed by atoms with E-state index in [2.05, 4.69) is 4.98 Å². The van der Waals surface area contributed by atoms with Gasteiger partial charge in [0.1, 0.15) is 4.88 Å². The fraction of sp³-hybridized carbons (Fsp3) is 0. The molecule has 0 fully saturated rings. The lowest BCUT2D eigenvalue weighted by Gasteiger charge is -2.02. The van der Waals surface area contributed by atoms with Gasteiger partial charge in [0.2, 0.25) is 0 Å². The molecule has 2 aromatic heterocycles. The second kappa shape index (κ2) is 5.03. The van der Waals surface area contributed by atoms with Gasteiger partial charge in [0.05, 0.1) is 4.70 Å². The second-order valence-electron chi connectivity index (χ2n) is 3.88. The van der Waals surface area contributed by atoms with Crippen LogP contribution in [0.1, 0.15) is 9.67 Å². The molecule has 5 heteroatoms. The third kappa shape index (κ3) is 2.47. The first-order valence-corrected chi connectivity index (χ1v) is 7.21. The van der Waals surface area contributed by atoms with Gasteiger partial charge >= 0.3 is 5.97 Å². The molecule has 3 rings (SSSR count). The fourth-order valence-electron chi connectivity index (χ4n) is 1.74. The number of aromatic nitrogens is 1. The number of hydrogen-bond donors (Lipinski definition) is 1. The number of carboxylic acid groups (broad SMARTS) is 1. The van der Waals surface area contributed by atoms with Gasteiger partial charge in [0.15, 0.2) is 0 Å². The van der Waals surface area contributed by atoms with E-state index in [0.717, 1.165) is 19.9 Å². The van der Waals surface area contributed by atoms with Crippen molar-refractivity contribution in [2.45, 2.75) is 9.79 Å². The van der Waals surface area contributed by atoms with Gasteiger partial charge in [-0.05, 0) is 18.2 Å². The van der Waals surface area contributed by atoms with Gasteiger partial charge in [-0.3, -0.25) is 4.98 Å². The van der Waals surface area contributed by atoms with Crippen molar-refractivity contribution < 1.29 is 9.90 Å². The molecule has 0 bridgehead atoms. The zero-order chi connectivity index (χ0) is 13.2. The van der Waals surface area contributed by atoms with Crippen molar-refractivity contribution in [3.8, 4) is 0 Å². The van der Waals surface area contributed by atoms with Crippen LogP contribution in [0.25, 0.3) is 10.1 Å². The Balaban J connectivity index is 2.06. The summed E-state index contributed by atoms with van der Waals surface area (Å²) in [4.78, 5) is 17.6. The van der Waals surface area contributed by atoms with E-state index in [-0.39, 0.29) is 0 Å². The van der Waals surface area contributed by atoms with E-state index in [0.29, 0.717) is 4.88 Å². The number of carbonyl (C=O) groups is 1. The van der Waals surface area contributed by atoms with Crippen LogP contribution >= 0.6 is 23.1 Å². The Bertz CT molecular complexity index is 738. The molecule has 1 aromatic carbocycles. The molecule has 0 spiro atoms. The molecular weight excluding hydrogens is 278 g/mol. The number of pyridine rings is 1. The first-order chi connectivity index (χ1) is 9.24. The highest BCUT2D eigenvalue weighted by Gasteiger charge is 2.12. The summed E-state index contributed by atoms with van der Waals surface area (Å²) in [5, 5.41) is 10.00. The van der Waals surface area contributed by atoms with Gasteiger partial charge in [-0.25, -0.2) is 4.79 Å². The van der Waals surface area contributed by atoms with E-state index in [1.807, 2.05) is 30.3 Å². The molecule has 3 aromatic rings. The van der Waals surface area contributed by atoms with Crippen molar-refractivity contribution in [3.05, 3.63) is 53.7 Å². The summed E-state index contributed by atoms with van der Waals surface area (Å²) >= 11 is 2.85.